The van der Waals surface area contributed by atoms with Crippen LogP contribution in [0.25, 0.3) is 0 Å². The first kappa shape index (κ1) is 67.6. The molecule has 0 saturated carbocycles. The quantitative estimate of drug-likeness (QED) is 0.0512. The maximum Gasteiger partial charge on any atom is 0.246 e. The van der Waals surface area contributed by atoms with Crippen LogP contribution in [0.1, 0.15) is 117 Å². The number of rotatable bonds is 16. The largest absolute Gasteiger partial charge is 0.391 e. The van der Waals surface area contributed by atoms with Gasteiger partial charge in [-0.15, -0.1) is 0 Å². The number of fused-ring (bicyclic) bond motifs is 2. The van der Waals surface area contributed by atoms with E-state index in [0.717, 1.165) is 0 Å². The van der Waals surface area contributed by atoms with Gasteiger partial charge in [0.25, 0.3) is 0 Å². The number of hydrogen-bond donors (Lipinski definition) is 12. The van der Waals surface area contributed by atoms with Gasteiger partial charge >= 0.3 is 0 Å². The highest BCUT2D eigenvalue weighted by Gasteiger charge is 2.44. The summed E-state index contributed by atoms with van der Waals surface area (Å²) in [5.41, 5.74) is 18.0. The predicted molar refractivity (Wildman–Crippen MR) is 314 cm³/mol. The summed E-state index contributed by atoms with van der Waals surface area (Å²) < 4.78 is 0. The molecule has 2 aromatic rings. The van der Waals surface area contributed by atoms with E-state index in [4.69, 9.17) is 17.2 Å². The number of hydrogen-bond acceptors (Lipinski definition) is 13. The Labute approximate surface area is 496 Å². The summed E-state index contributed by atoms with van der Waals surface area (Å²) in [5.74, 6) is -10.4. The second-order valence-corrected chi connectivity index (χ2v) is 23.5. The first-order chi connectivity index (χ1) is 40.2. The Bertz CT molecular complexity index is 2710. The van der Waals surface area contributed by atoms with Gasteiger partial charge in [-0.25, -0.2) is 0 Å². The SMILES string of the molecule is CC(C)C[C@@H]1NC(=O)[C@H](CC(N)=O)NC(=O)[C@H]([C@@H](C)O)NC(=O)[C@@H]2CCCN2C(=O)[C@@H](Cc2ccccc2)NC(=O)[C@H](CC(C)C)NC(=O)[C@H](CCCN=C(N)N)NC(=O)[C@H](C(C)C)NC(=O)[C@@H]2CCCN2C(=O)[C@@H](Cc2ccccc2)NC1=O. The van der Waals surface area contributed by atoms with E-state index in [1.165, 1.54) is 16.7 Å². The number of carbonyl (C=O) groups is 11. The van der Waals surface area contributed by atoms with Crippen LogP contribution in [0.4, 0.5) is 0 Å². The average molecular weight is 1190 g/mol. The number of amides is 11. The number of aliphatic hydroxyl groups excluding tert-OH is 1. The number of guanidine groups is 1. The van der Waals surface area contributed by atoms with Gasteiger partial charge in [-0.3, -0.25) is 57.7 Å². The highest BCUT2D eigenvalue weighted by Crippen LogP contribution is 2.23. The lowest BCUT2D eigenvalue weighted by Crippen LogP contribution is -2.62. The van der Waals surface area contributed by atoms with Crippen LogP contribution in [0.2, 0.25) is 0 Å². The van der Waals surface area contributed by atoms with Crippen LogP contribution < -0.4 is 59.7 Å². The molecule has 26 nitrogen and oxygen atoms in total. The monoisotopic (exact) mass is 1180 g/mol. The van der Waals surface area contributed by atoms with Crippen molar-refractivity contribution in [1.29, 1.82) is 0 Å². The average Bonchev–Trinajstić information content (AvgIpc) is 3.43. The zero-order chi connectivity index (χ0) is 62.7. The van der Waals surface area contributed by atoms with Gasteiger partial charge in [0.1, 0.15) is 60.4 Å². The second-order valence-electron chi connectivity index (χ2n) is 23.5. The van der Waals surface area contributed by atoms with Gasteiger partial charge in [0, 0.05) is 32.5 Å². The van der Waals surface area contributed by atoms with E-state index in [-0.39, 0.29) is 88.8 Å². The van der Waals surface area contributed by atoms with E-state index in [2.05, 4.69) is 47.5 Å². The summed E-state index contributed by atoms with van der Waals surface area (Å²) in [6, 6.07) is 3.67. The van der Waals surface area contributed by atoms with Gasteiger partial charge in [0.05, 0.1) is 12.5 Å². The third-order valence-electron chi connectivity index (χ3n) is 15.1. The van der Waals surface area contributed by atoms with Crippen LogP contribution >= 0.6 is 0 Å². The zero-order valence-corrected chi connectivity index (χ0v) is 49.8. The highest BCUT2D eigenvalue weighted by molar-refractivity contribution is 6.00. The number of carbonyl (C=O) groups excluding carboxylic acids is 11. The normalized spacial score (nSPS) is 26.2. The van der Waals surface area contributed by atoms with Gasteiger partial charge in [-0.2, -0.15) is 0 Å². The number of aliphatic imine (C=N–C) groups is 1. The molecular formula is C59H88N14O12. The fraction of sp³-hybridized carbons (Fsp3) is 0.593. The molecule has 3 saturated heterocycles. The van der Waals surface area contributed by atoms with Crippen LogP contribution in [-0.4, -0.2) is 172 Å². The topological polar surface area (TPSA) is 401 Å². The Morgan fingerprint density at radius 1 is 0.518 bits per heavy atom. The van der Waals surface area contributed by atoms with E-state index in [9.17, 15) is 57.8 Å². The molecule has 0 unspecified atom stereocenters. The van der Waals surface area contributed by atoms with Crippen LogP contribution in [0.3, 0.4) is 0 Å². The fourth-order valence-electron chi connectivity index (χ4n) is 10.7. The van der Waals surface area contributed by atoms with Crippen molar-refractivity contribution < 1.29 is 57.8 Å². The van der Waals surface area contributed by atoms with E-state index >= 15 is 0 Å². The molecule has 5 rings (SSSR count). The van der Waals surface area contributed by atoms with E-state index < -0.39 is 144 Å². The van der Waals surface area contributed by atoms with Crippen molar-refractivity contribution in [2.45, 2.75) is 186 Å². The molecule has 85 heavy (non-hydrogen) atoms. The van der Waals surface area contributed by atoms with E-state index in [1.54, 1.807) is 88.4 Å². The lowest BCUT2D eigenvalue weighted by Gasteiger charge is -2.32. The molecule has 0 aromatic heterocycles. The van der Waals surface area contributed by atoms with Crippen LogP contribution in [0.15, 0.2) is 65.7 Å². The number of primary amides is 1. The van der Waals surface area contributed by atoms with Crippen LogP contribution in [-0.2, 0) is 65.6 Å². The Balaban J connectivity index is 1.60. The number of nitrogens with zero attached hydrogens (tertiary/aromatic N) is 3. The summed E-state index contributed by atoms with van der Waals surface area (Å²) in [6.07, 6.45) is -1.37. The lowest BCUT2D eigenvalue weighted by atomic mass is 9.99. The summed E-state index contributed by atoms with van der Waals surface area (Å²) in [4.78, 5) is 165. The Morgan fingerprint density at radius 3 is 1.32 bits per heavy atom. The smallest absolute Gasteiger partial charge is 0.246 e. The van der Waals surface area contributed by atoms with Crippen molar-refractivity contribution in [3.05, 3.63) is 71.8 Å². The summed E-state index contributed by atoms with van der Waals surface area (Å²) in [6.45, 7) is 12.0. The highest BCUT2D eigenvalue weighted by atomic mass is 16.3. The van der Waals surface area contributed by atoms with Gasteiger partial charge in [-0.1, -0.05) is 102 Å². The van der Waals surface area contributed by atoms with Crippen LogP contribution in [0.5, 0.6) is 0 Å². The molecule has 0 aliphatic carbocycles. The molecule has 0 spiro atoms. The van der Waals surface area contributed by atoms with E-state index in [0.29, 0.717) is 24.0 Å². The maximum absolute atomic E-state index is 14.9. The third kappa shape index (κ3) is 20.3. The first-order valence-corrected chi connectivity index (χ1v) is 29.4. The Morgan fingerprint density at radius 2 is 0.906 bits per heavy atom. The fourth-order valence-corrected chi connectivity index (χ4v) is 10.7. The van der Waals surface area contributed by atoms with Gasteiger partial charge in [-0.05, 0) is 87.2 Å². The number of aliphatic hydroxyl groups is 1. The third-order valence-corrected chi connectivity index (χ3v) is 15.1. The Hall–Kier alpha value is -8.16. The minimum absolute atomic E-state index is 0.00930. The Kier molecular flexibility index (Phi) is 25.6. The maximum atomic E-state index is 14.9. The second kappa shape index (κ2) is 32.2. The standard InChI is InChI=1S/C59H88N14O12/c1-32(2)27-39-50(77)68-43(30-37-19-12-9-13-20-37)58(85)73-26-16-23-45(73)54(81)71-48(35(7)74)56(83)67-41(31-46(60)75)52(79)66-40(28-33(3)4)51(78)69-42(29-36-17-10-8-11-18-36)57(84)72-25-15-22-44(72)53(80)70-47(34(5)6)55(82)64-38(49(76)65-39)21-14-24-63-59(61)62/h8-13,17-20,32-35,38-45,47-48,74H,14-16,21-31H2,1-7H3,(H2,60,75)(H,64,82)(H,65,76)(H,66,79)(H,67,83)(H,68,77)(H,69,78)(H,70,80)(H,71,81)(H4,61,62,63)/t35-,38+,39+,40+,41+,42-,43-,44+,45+,47+,48+/m1/s1. The van der Waals surface area contributed by atoms with Gasteiger partial charge in [0.2, 0.25) is 65.0 Å². The van der Waals surface area contributed by atoms with Gasteiger partial charge < -0.3 is 74.6 Å². The molecule has 3 fully saturated rings. The van der Waals surface area contributed by atoms with Crippen molar-refractivity contribution >= 4 is 70.9 Å². The summed E-state index contributed by atoms with van der Waals surface area (Å²) in [7, 11) is 0. The summed E-state index contributed by atoms with van der Waals surface area (Å²) >= 11 is 0. The molecule has 0 bridgehead atoms. The van der Waals surface area contributed by atoms with Crippen molar-refractivity contribution in [3.8, 4) is 0 Å². The number of nitrogens with one attached hydrogen (secondary N) is 8. The molecule has 26 heteroatoms. The first-order valence-electron chi connectivity index (χ1n) is 29.4. The van der Waals surface area contributed by atoms with Crippen LogP contribution in [0, 0.1) is 17.8 Å². The minimum atomic E-state index is -1.78. The molecule has 466 valence electrons. The predicted octanol–water partition coefficient (Wildman–Crippen LogP) is -1.60. The molecule has 15 N–H and O–H groups in total. The molecule has 2 aromatic carbocycles. The zero-order valence-electron chi connectivity index (χ0n) is 49.8. The molecule has 3 aliphatic heterocycles. The molecule has 3 heterocycles. The van der Waals surface area contributed by atoms with Crippen molar-refractivity contribution in [1.82, 2.24) is 52.3 Å². The van der Waals surface area contributed by atoms with Crippen molar-refractivity contribution in [2.75, 3.05) is 19.6 Å². The molecular weight excluding hydrogens is 1100 g/mol. The minimum Gasteiger partial charge on any atom is -0.391 e. The van der Waals surface area contributed by atoms with Crippen molar-refractivity contribution in [3.63, 3.8) is 0 Å². The van der Waals surface area contributed by atoms with Gasteiger partial charge in [0.15, 0.2) is 5.96 Å². The molecule has 0 radical (unpaired) electrons. The molecule has 11 atom stereocenters. The van der Waals surface area contributed by atoms with Crippen molar-refractivity contribution in [2.24, 2.45) is 39.9 Å². The molecule has 11 amide bonds. The number of nitrogens with two attached hydrogens (primary N) is 3. The summed E-state index contributed by atoms with van der Waals surface area (Å²) in [5, 5.41) is 32.6. The van der Waals surface area contributed by atoms with E-state index in [1.807, 2.05) is 13.8 Å². The molecule has 3 aliphatic rings. The number of benzene rings is 2. The lowest BCUT2D eigenvalue weighted by molar-refractivity contribution is -0.143.